The van der Waals surface area contributed by atoms with Crippen LogP contribution in [-0.2, 0) is 14.8 Å². The molecule has 0 aliphatic heterocycles. The summed E-state index contributed by atoms with van der Waals surface area (Å²) in [6.07, 6.45) is 0. The van der Waals surface area contributed by atoms with E-state index in [1.807, 2.05) is 6.07 Å². The van der Waals surface area contributed by atoms with Crippen molar-refractivity contribution in [2.75, 3.05) is 14.1 Å². The van der Waals surface area contributed by atoms with Gasteiger partial charge in [-0.15, -0.1) is 0 Å². The van der Waals surface area contributed by atoms with Crippen LogP contribution in [0.2, 0.25) is 5.02 Å². The van der Waals surface area contributed by atoms with Crippen LogP contribution in [0.3, 0.4) is 0 Å². The molecule has 0 radical (unpaired) electrons. The number of carbonyl (C=O) groups is 1. The predicted octanol–water partition coefficient (Wildman–Crippen LogP) is 0.967. The number of benzene rings is 1. The number of amides is 1. The molecule has 1 amide bonds. The van der Waals surface area contributed by atoms with Crippen molar-refractivity contribution in [1.29, 1.82) is 5.26 Å². The van der Waals surface area contributed by atoms with Crippen molar-refractivity contribution in [1.82, 2.24) is 9.62 Å². The van der Waals surface area contributed by atoms with Crippen LogP contribution < -0.4 is 4.72 Å². The van der Waals surface area contributed by atoms with Crippen LogP contribution in [0.25, 0.3) is 0 Å². The number of nitriles is 1. The molecule has 0 aliphatic carbocycles. The summed E-state index contributed by atoms with van der Waals surface area (Å²) in [6.45, 7) is 1.44. The third-order valence-electron chi connectivity index (χ3n) is 2.49. The molecule has 0 saturated carbocycles. The molecule has 8 heteroatoms. The van der Waals surface area contributed by atoms with Gasteiger partial charge in [0.15, 0.2) is 0 Å². The first kappa shape index (κ1) is 16.4. The lowest BCUT2D eigenvalue weighted by atomic mass is 10.2. The van der Waals surface area contributed by atoms with Gasteiger partial charge in [0.25, 0.3) is 0 Å². The van der Waals surface area contributed by atoms with Crippen LogP contribution in [0, 0.1) is 11.3 Å². The standard InChI is InChI=1S/C12H14ClN3O3S/c1-8(12(17)16(2)3)15-20(18,19)11-5-4-9(7-14)6-10(11)13/h4-6,8,15H,1-3H3. The molecule has 1 unspecified atom stereocenters. The third-order valence-corrected chi connectivity index (χ3v) is 4.52. The van der Waals surface area contributed by atoms with Gasteiger partial charge < -0.3 is 4.90 Å². The number of likely N-dealkylation sites (N-methyl/N-ethyl adjacent to an activating group) is 1. The summed E-state index contributed by atoms with van der Waals surface area (Å²) in [5.74, 6) is -0.377. The highest BCUT2D eigenvalue weighted by molar-refractivity contribution is 7.89. The maximum atomic E-state index is 12.1. The van der Waals surface area contributed by atoms with E-state index < -0.39 is 16.1 Å². The van der Waals surface area contributed by atoms with Gasteiger partial charge in [-0.2, -0.15) is 9.98 Å². The lowest BCUT2D eigenvalue weighted by Crippen LogP contribution is -2.44. The van der Waals surface area contributed by atoms with Gasteiger partial charge in [0, 0.05) is 14.1 Å². The number of nitrogens with zero attached hydrogens (tertiary/aromatic N) is 2. The summed E-state index contributed by atoms with van der Waals surface area (Å²) in [4.78, 5) is 12.8. The Morgan fingerprint density at radius 2 is 2.05 bits per heavy atom. The van der Waals surface area contributed by atoms with E-state index in [1.54, 1.807) is 0 Å². The molecule has 1 aromatic carbocycles. The van der Waals surface area contributed by atoms with E-state index in [0.717, 1.165) is 0 Å². The van der Waals surface area contributed by atoms with Crippen LogP contribution in [0.5, 0.6) is 0 Å². The van der Waals surface area contributed by atoms with Gasteiger partial charge in [0.05, 0.1) is 22.7 Å². The van der Waals surface area contributed by atoms with Crippen molar-refractivity contribution in [3.05, 3.63) is 28.8 Å². The minimum atomic E-state index is -3.93. The smallest absolute Gasteiger partial charge is 0.242 e. The Balaban J connectivity index is 3.07. The minimum absolute atomic E-state index is 0.0685. The molecule has 108 valence electrons. The summed E-state index contributed by atoms with van der Waals surface area (Å²) >= 11 is 5.85. The maximum Gasteiger partial charge on any atom is 0.242 e. The van der Waals surface area contributed by atoms with Crippen molar-refractivity contribution in [3.8, 4) is 6.07 Å². The third kappa shape index (κ3) is 3.70. The fraction of sp³-hybridized carbons (Fsp3) is 0.333. The van der Waals surface area contributed by atoms with E-state index in [0.29, 0.717) is 0 Å². The van der Waals surface area contributed by atoms with E-state index in [9.17, 15) is 13.2 Å². The highest BCUT2D eigenvalue weighted by atomic mass is 35.5. The molecule has 1 rings (SSSR count). The summed E-state index contributed by atoms with van der Waals surface area (Å²) < 4.78 is 26.5. The Morgan fingerprint density at radius 1 is 1.45 bits per heavy atom. The highest BCUT2D eigenvalue weighted by Gasteiger charge is 2.24. The first-order chi connectivity index (χ1) is 9.19. The average molecular weight is 316 g/mol. The second-order valence-electron chi connectivity index (χ2n) is 4.33. The Kier molecular flexibility index (Phi) is 5.11. The van der Waals surface area contributed by atoms with Crippen molar-refractivity contribution >= 4 is 27.5 Å². The molecule has 20 heavy (non-hydrogen) atoms. The summed E-state index contributed by atoms with van der Waals surface area (Å²) in [5, 5.41) is 8.64. The lowest BCUT2D eigenvalue weighted by Gasteiger charge is -2.18. The van der Waals surface area contributed by atoms with Crippen LogP contribution in [0.1, 0.15) is 12.5 Å². The van der Waals surface area contributed by atoms with Gasteiger partial charge in [-0.1, -0.05) is 11.6 Å². The quantitative estimate of drug-likeness (QED) is 0.896. The zero-order valence-corrected chi connectivity index (χ0v) is 12.8. The van der Waals surface area contributed by atoms with Gasteiger partial charge in [-0.25, -0.2) is 8.42 Å². The van der Waals surface area contributed by atoms with Gasteiger partial charge in [-0.05, 0) is 25.1 Å². The van der Waals surface area contributed by atoms with E-state index in [4.69, 9.17) is 16.9 Å². The van der Waals surface area contributed by atoms with Crippen molar-refractivity contribution in [3.63, 3.8) is 0 Å². The van der Waals surface area contributed by atoms with E-state index in [2.05, 4.69) is 4.72 Å². The zero-order chi connectivity index (χ0) is 15.5. The first-order valence-corrected chi connectivity index (χ1v) is 7.48. The van der Waals surface area contributed by atoms with E-state index in [-0.39, 0.29) is 21.4 Å². The molecule has 1 aromatic rings. The van der Waals surface area contributed by atoms with Crippen LogP contribution >= 0.6 is 11.6 Å². The molecule has 1 atom stereocenters. The average Bonchev–Trinajstić information content (AvgIpc) is 2.36. The molecule has 0 spiro atoms. The molecule has 0 aromatic heterocycles. The number of sulfonamides is 1. The SMILES string of the molecule is CC(NS(=O)(=O)c1ccc(C#N)cc1Cl)C(=O)N(C)C. The van der Waals surface area contributed by atoms with E-state index >= 15 is 0 Å². The number of hydrogen-bond donors (Lipinski definition) is 1. The largest absolute Gasteiger partial charge is 0.347 e. The minimum Gasteiger partial charge on any atom is -0.347 e. The van der Waals surface area contributed by atoms with Gasteiger partial charge >= 0.3 is 0 Å². The summed E-state index contributed by atoms with van der Waals surface area (Å²) in [5.41, 5.74) is 0.256. The fourth-order valence-corrected chi connectivity index (χ4v) is 3.26. The number of nitrogens with one attached hydrogen (secondary N) is 1. The maximum absolute atomic E-state index is 12.1. The molecule has 0 saturated heterocycles. The number of halogens is 1. The highest BCUT2D eigenvalue weighted by Crippen LogP contribution is 2.22. The van der Waals surface area contributed by atoms with Crippen LogP contribution in [-0.4, -0.2) is 39.4 Å². The van der Waals surface area contributed by atoms with Gasteiger partial charge in [-0.3, -0.25) is 4.79 Å². The lowest BCUT2D eigenvalue weighted by molar-refractivity contribution is -0.130. The first-order valence-electron chi connectivity index (χ1n) is 5.62. The monoisotopic (exact) mass is 315 g/mol. The molecular weight excluding hydrogens is 302 g/mol. The number of carbonyl (C=O) groups excluding carboxylic acids is 1. The van der Waals surface area contributed by atoms with E-state index in [1.165, 1.54) is 44.1 Å². The zero-order valence-electron chi connectivity index (χ0n) is 11.2. The summed E-state index contributed by atoms with van der Waals surface area (Å²) in [6, 6.07) is 4.78. The Bertz CT molecular complexity index is 665. The second-order valence-corrected chi connectivity index (χ2v) is 6.42. The van der Waals surface area contributed by atoms with Crippen LogP contribution in [0.15, 0.2) is 23.1 Å². The molecule has 0 fully saturated rings. The molecule has 0 heterocycles. The molecular formula is C12H14ClN3O3S. The molecule has 0 aliphatic rings. The number of hydrogen-bond acceptors (Lipinski definition) is 4. The van der Waals surface area contributed by atoms with Crippen molar-refractivity contribution in [2.45, 2.75) is 17.9 Å². The molecule has 0 bridgehead atoms. The fourth-order valence-electron chi connectivity index (χ4n) is 1.52. The Hall–Kier alpha value is -1.62. The molecule has 1 N–H and O–H groups in total. The van der Waals surface area contributed by atoms with Crippen LogP contribution in [0.4, 0.5) is 0 Å². The van der Waals surface area contributed by atoms with Crippen molar-refractivity contribution < 1.29 is 13.2 Å². The molecule has 6 nitrogen and oxygen atoms in total. The topological polar surface area (TPSA) is 90.3 Å². The van der Waals surface area contributed by atoms with Crippen molar-refractivity contribution in [2.24, 2.45) is 0 Å². The normalized spacial score (nSPS) is 12.6. The van der Waals surface area contributed by atoms with Gasteiger partial charge in [0.2, 0.25) is 15.9 Å². The Labute approximate surface area is 123 Å². The predicted molar refractivity (Wildman–Crippen MR) is 74.6 cm³/mol. The van der Waals surface area contributed by atoms with Gasteiger partial charge in [0.1, 0.15) is 4.90 Å². The second kappa shape index (κ2) is 6.22. The Morgan fingerprint density at radius 3 is 2.50 bits per heavy atom. The summed E-state index contributed by atoms with van der Waals surface area (Å²) in [7, 11) is -0.873. The number of rotatable bonds is 4.